The second-order valence-electron chi connectivity index (χ2n) is 10.7. The highest BCUT2D eigenvalue weighted by molar-refractivity contribution is 5.92. The lowest BCUT2D eigenvalue weighted by atomic mass is 10.1. The molecule has 0 saturated carbocycles. The highest BCUT2D eigenvalue weighted by atomic mass is 16.5. The predicted octanol–water partition coefficient (Wildman–Crippen LogP) is 1.61. The number of carbonyl (C=O) groups excluding carboxylic acids is 1. The van der Waals surface area contributed by atoms with Gasteiger partial charge in [-0.25, -0.2) is 4.98 Å². The zero-order chi connectivity index (χ0) is 26.3. The number of aliphatic hydroxyl groups excluding tert-OH is 1. The number of aromatic nitrogens is 1. The van der Waals surface area contributed by atoms with Crippen molar-refractivity contribution in [1.82, 2.24) is 24.6 Å². The third-order valence-electron chi connectivity index (χ3n) is 7.97. The topological polar surface area (TPSA) is 88.8 Å². The molecule has 4 heterocycles. The minimum Gasteiger partial charge on any atom is -0.497 e. The molecule has 38 heavy (non-hydrogen) atoms. The number of nitrogens with zero attached hydrogens (tertiary/aromatic N) is 6. The Balaban J connectivity index is 1.03. The number of piperazine rings is 2. The summed E-state index contributed by atoms with van der Waals surface area (Å²) in [5.74, 6) is 1.35. The Hall–Kier alpha value is -2.66. The maximum atomic E-state index is 13.1. The molecule has 1 atom stereocenters. The first kappa shape index (κ1) is 26.9. The van der Waals surface area contributed by atoms with Gasteiger partial charge in [-0.2, -0.15) is 0 Å². The number of piperidine rings is 1. The summed E-state index contributed by atoms with van der Waals surface area (Å²) in [4.78, 5) is 28.8. The van der Waals surface area contributed by atoms with Crippen LogP contribution in [0, 0.1) is 0 Å². The molecule has 208 valence electrons. The normalized spacial score (nSPS) is 21.0. The van der Waals surface area contributed by atoms with Crippen LogP contribution in [-0.4, -0.2) is 127 Å². The van der Waals surface area contributed by atoms with Crippen molar-refractivity contribution in [1.29, 1.82) is 0 Å². The van der Waals surface area contributed by atoms with E-state index in [1.54, 1.807) is 7.11 Å². The average Bonchev–Trinajstić information content (AvgIpc) is 3.43. The molecule has 10 nitrogen and oxygen atoms in total. The number of oxazole rings is 1. The van der Waals surface area contributed by atoms with Crippen molar-refractivity contribution in [3.05, 3.63) is 42.1 Å². The van der Waals surface area contributed by atoms with Crippen LogP contribution in [0.5, 0.6) is 5.75 Å². The van der Waals surface area contributed by atoms with Crippen LogP contribution in [0.1, 0.15) is 35.6 Å². The van der Waals surface area contributed by atoms with Gasteiger partial charge in [-0.1, -0.05) is 12.5 Å². The fraction of sp³-hybridized carbons (Fsp3) is 0.643. The van der Waals surface area contributed by atoms with E-state index in [9.17, 15) is 9.90 Å². The van der Waals surface area contributed by atoms with E-state index in [0.717, 1.165) is 76.9 Å². The minimum absolute atomic E-state index is 0.0715. The maximum absolute atomic E-state index is 13.1. The number of amides is 1. The Morgan fingerprint density at radius 1 is 0.947 bits per heavy atom. The second-order valence-corrected chi connectivity index (χ2v) is 10.7. The van der Waals surface area contributed by atoms with Crippen molar-refractivity contribution < 1.29 is 19.1 Å². The molecule has 0 unspecified atom stereocenters. The van der Waals surface area contributed by atoms with Gasteiger partial charge in [-0.3, -0.25) is 14.6 Å². The number of methoxy groups -OCH3 is 1. The highest BCUT2D eigenvalue weighted by Crippen LogP contribution is 2.22. The molecule has 3 fully saturated rings. The Bertz CT molecular complexity index is 1030. The first-order valence-corrected chi connectivity index (χ1v) is 14.1. The van der Waals surface area contributed by atoms with Gasteiger partial charge in [0.1, 0.15) is 12.0 Å². The smallest absolute Gasteiger partial charge is 0.275 e. The quantitative estimate of drug-likeness (QED) is 0.524. The zero-order valence-corrected chi connectivity index (χ0v) is 22.6. The Kier molecular flexibility index (Phi) is 9.16. The largest absolute Gasteiger partial charge is 0.497 e. The number of β-amino-alcohol motifs (C(OH)–C–C–N with tert-alkyl or cyclic N) is 1. The molecule has 5 rings (SSSR count). The van der Waals surface area contributed by atoms with Crippen molar-refractivity contribution in [2.45, 2.75) is 31.9 Å². The SMILES string of the molecule is COc1cccc(N2CCN(C(=O)c3coc(CN4CCN(C[C@@H](O)CN5CCCCC5)CC4)n3)CC2)c1. The van der Waals surface area contributed by atoms with Gasteiger partial charge in [0.05, 0.1) is 19.8 Å². The molecule has 1 aromatic heterocycles. The van der Waals surface area contributed by atoms with Gasteiger partial charge in [-0.15, -0.1) is 0 Å². The van der Waals surface area contributed by atoms with Crippen LogP contribution in [0.3, 0.4) is 0 Å². The third-order valence-corrected chi connectivity index (χ3v) is 7.97. The van der Waals surface area contributed by atoms with Crippen LogP contribution in [0.2, 0.25) is 0 Å². The highest BCUT2D eigenvalue weighted by Gasteiger charge is 2.26. The Morgan fingerprint density at radius 3 is 2.34 bits per heavy atom. The lowest BCUT2D eigenvalue weighted by molar-refractivity contribution is 0.0434. The summed E-state index contributed by atoms with van der Waals surface area (Å²) < 4.78 is 11.0. The number of likely N-dealkylation sites (tertiary alicyclic amines) is 1. The van der Waals surface area contributed by atoms with E-state index in [4.69, 9.17) is 9.15 Å². The average molecular weight is 527 g/mol. The number of carbonyl (C=O) groups is 1. The van der Waals surface area contributed by atoms with Gasteiger partial charge >= 0.3 is 0 Å². The van der Waals surface area contributed by atoms with E-state index >= 15 is 0 Å². The van der Waals surface area contributed by atoms with E-state index in [-0.39, 0.29) is 12.0 Å². The van der Waals surface area contributed by atoms with Crippen molar-refractivity contribution in [2.75, 3.05) is 90.5 Å². The summed E-state index contributed by atoms with van der Waals surface area (Å²) in [5, 5.41) is 10.5. The molecule has 2 aromatic rings. The van der Waals surface area contributed by atoms with E-state index in [1.807, 2.05) is 23.1 Å². The summed E-state index contributed by atoms with van der Waals surface area (Å²) in [6, 6.07) is 8.02. The zero-order valence-electron chi connectivity index (χ0n) is 22.6. The van der Waals surface area contributed by atoms with Crippen LogP contribution in [0.25, 0.3) is 0 Å². The van der Waals surface area contributed by atoms with Crippen molar-refractivity contribution in [3.63, 3.8) is 0 Å². The molecule has 3 aliphatic rings. The standard InChI is InChI=1S/C28H42N6O4/c1-37-25-7-5-6-23(18-25)33-14-16-34(17-15-33)28(36)26-22-38-27(29-26)21-32-12-10-31(11-13-32)20-24(35)19-30-8-3-2-4-9-30/h5-7,18,22,24,35H,2-4,8-17,19-21H2,1H3/t24-/m0/s1. The minimum atomic E-state index is -0.294. The monoisotopic (exact) mass is 526 g/mol. The molecule has 3 aliphatic heterocycles. The molecule has 3 saturated heterocycles. The van der Waals surface area contributed by atoms with Crippen LogP contribution in [-0.2, 0) is 6.54 Å². The van der Waals surface area contributed by atoms with Crippen molar-refractivity contribution in [2.24, 2.45) is 0 Å². The van der Waals surface area contributed by atoms with Gasteiger partial charge < -0.3 is 29.0 Å². The molecule has 1 amide bonds. The molecule has 1 N–H and O–H groups in total. The molecule has 0 bridgehead atoms. The predicted molar refractivity (Wildman–Crippen MR) is 146 cm³/mol. The number of ether oxygens (including phenoxy) is 1. The van der Waals surface area contributed by atoms with Crippen LogP contribution >= 0.6 is 0 Å². The van der Waals surface area contributed by atoms with Gasteiger partial charge in [0, 0.05) is 77.2 Å². The second kappa shape index (κ2) is 12.9. The number of aliphatic hydroxyl groups is 1. The lowest BCUT2D eigenvalue weighted by Crippen LogP contribution is -2.50. The summed E-state index contributed by atoms with van der Waals surface area (Å²) in [5.41, 5.74) is 1.49. The molecule has 0 radical (unpaired) electrons. The van der Waals surface area contributed by atoms with Crippen LogP contribution < -0.4 is 9.64 Å². The van der Waals surface area contributed by atoms with Crippen molar-refractivity contribution in [3.8, 4) is 5.75 Å². The summed E-state index contributed by atoms with van der Waals surface area (Å²) >= 11 is 0. The number of anilines is 1. The fourth-order valence-corrected chi connectivity index (χ4v) is 5.74. The van der Waals surface area contributed by atoms with Crippen molar-refractivity contribution >= 4 is 11.6 Å². The van der Waals surface area contributed by atoms with E-state index in [0.29, 0.717) is 31.2 Å². The molecular weight excluding hydrogens is 484 g/mol. The maximum Gasteiger partial charge on any atom is 0.275 e. The number of rotatable bonds is 9. The molecule has 0 spiro atoms. The summed E-state index contributed by atoms with van der Waals surface area (Å²) in [7, 11) is 1.67. The molecule has 1 aromatic carbocycles. The van der Waals surface area contributed by atoms with Crippen LogP contribution in [0.15, 0.2) is 34.9 Å². The third kappa shape index (κ3) is 7.05. The number of benzene rings is 1. The number of hydrogen-bond acceptors (Lipinski definition) is 9. The number of hydrogen-bond donors (Lipinski definition) is 1. The molecule has 0 aliphatic carbocycles. The fourth-order valence-electron chi connectivity index (χ4n) is 5.74. The molecular formula is C28H42N6O4. The first-order valence-electron chi connectivity index (χ1n) is 14.1. The Labute approximate surface area is 225 Å². The van der Waals surface area contributed by atoms with E-state index in [1.165, 1.54) is 25.5 Å². The van der Waals surface area contributed by atoms with Gasteiger partial charge in [0.15, 0.2) is 5.69 Å². The first-order chi connectivity index (χ1) is 18.6. The van der Waals surface area contributed by atoms with E-state index < -0.39 is 0 Å². The molecule has 10 heteroatoms. The van der Waals surface area contributed by atoms with Gasteiger partial charge in [0.25, 0.3) is 5.91 Å². The summed E-state index contributed by atoms with van der Waals surface area (Å²) in [6.45, 7) is 10.8. The Morgan fingerprint density at radius 2 is 1.63 bits per heavy atom. The van der Waals surface area contributed by atoms with Crippen LogP contribution in [0.4, 0.5) is 5.69 Å². The lowest BCUT2D eigenvalue weighted by Gasteiger charge is -2.36. The van der Waals surface area contributed by atoms with E-state index in [2.05, 4.69) is 30.6 Å². The van der Waals surface area contributed by atoms with Gasteiger partial charge in [-0.05, 0) is 38.1 Å². The summed E-state index contributed by atoms with van der Waals surface area (Å²) in [6.07, 6.45) is 5.02. The van der Waals surface area contributed by atoms with Gasteiger partial charge in [0.2, 0.25) is 5.89 Å².